The molecule has 9 heteroatoms. The number of carbonyl (C=O) groups is 1. The zero-order chi connectivity index (χ0) is 29.1. The van der Waals surface area contributed by atoms with Crippen LogP contribution in [0.2, 0.25) is 5.02 Å². The van der Waals surface area contributed by atoms with Crippen LogP contribution in [0.5, 0.6) is 5.88 Å². The number of aliphatic hydroxyl groups excluding tert-OH is 1. The first-order chi connectivity index (χ1) is 20.5. The third-order valence-electron chi connectivity index (χ3n) is 7.19. The van der Waals surface area contributed by atoms with Gasteiger partial charge in [-0.25, -0.2) is 14.8 Å². The molecule has 1 aliphatic rings. The smallest absolute Gasteiger partial charge is 0.407 e. The summed E-state index contributed by atoms with van der Waals surface area (Å²) < 4.78 is 5.74. The van der Waals surface area contributed by atoms with Crippen molar-refractivity contribution in [1.29, 1.82) is 0 Å². The molecule has 0 unspecified atom stereocenters. The number of pyridine rings is 2. The minimum atomic E-state index is -0.547. The summed E-state index contributed by atoms with van der Waals surface area (Å²) in [4.78, 5) is 22.1. The van der Waals surface area contributed by atoms with Gasteiger partial charge in [-0.2, -0.15) is 0 Å². The lowest BCUT2D eigenvalue weighted by Crippen LogP contribution is -2.26. The van der Waals surface area contributed by atoms with E-state index in [1.54, 1.807) is 36.7 Å². The minimum Gasteiger partial charge on any atom is -0.493 e. The van der Waals surface area contributed by atoms with Gasteiger partial charge in [0.05, 0.1) is 11.6 Å². The topological polar surface area (TPSA) is 105 Å². The average molecular weight is 596 g/mol. The Balaban J connectivity index is 1.23. The lowest BCUT2D eigenvalue weighted by Gasteiger charge is -2.17. The van der Waals surface area contributed by atoms with Crippen LogP contribution in [0.1, 0.15) is 28.2 Å². The van der Waals surface area contributed by atoms with Crippen molar-refractivity contribution in [3.05, 3.63) is 125 Å². The van der Waals surface area contributed by atoms with Crippen molar-refractivity contribution >= 4 is 29.5 Å². The van der Waals surface area contributed by atoms with Gasteiger partial charge in [0.1, 0.15) is 11.6 Å². The van der Waals surface area contributed by atoms with Crippen LogP contribution in [0.25, 0.3) is 22.3 Å². The molecule has 0 spiro atoms. The van der Waals surface area contributed by atoms with E-state index in [0.717, 1.165) is 38.9 Å². The van der Waals surface area contributed by atoms with Gasteiger partial charge in [-0.1, -0.05) is 78.0 Å². The van der Waals surface area contributed by atoms with Gasteiger partial charge in [0.25, 0.3) is 0 Å². The van der Waals surface area contributed by atoms with Gasteiger partial charge in [-0.05, 0) is 57.6 Å². The number of alkyl carbamates (subject to hydrolysis) is 1. The van der Waals surface area contributed by atoms with Crippen molar-refractivity contribution in [2.24, 2.45) is 0 Å². The molecular weight excluding hydrogens is 570 g/mol. The summed E-state index contributed by atoms with van der Waals surface area (Å²) in [5.74, 6) is -0.129. The number of amides is 1. The van der Waals surface area contributed by atoms with Crippen molar-refractivity contribution in [2.75, 3.05) is 6.61 Å². The third kappa shape index (κ3) is 5.69. The molecule has 0 radical (unpaired) electrons. The molecule has 210 valence electrons. The lowest BCUT2D eigenvalue weighted by molar-refractivity contribution is 0.142. The number of aromatic hydroxyl groups is 1. The van der Waals surface area contributed by atoms with E-state index < -0.39 is 6.09 Å². The van der Waals surface area contributed by atoms with E-state index in [2.05, 4.69) is 39.6 Å². The van der Waals surface area contributed by atoms with Crippen LogP contribution in [0.4, 0.5) is 4.79 Å². The molecule has 3 aromatic carbocycles. The quantitative estimate of drug-likeness (QED) is 0.174. The fourth-order valence-electron chi connectivity index (χ4n) is 5.17. The summed E-state index contributed by atoms with van der Waals surface area (Å²) in [6.45, 7) is 0.174. The number of aliphatic hydroxyl groups is 1. The van der Waals surface area contributed by atoms with Gasteiger partial charge in [-0.3, -0.25) is 0 Å². The molecule has 1 aliphatic carbocycles. The highest BCUT2D eigenvalue weighted by molar-refractivity contribution is 7.99. The van der Waals surface area contributed by atoms with Crippen molar-refractivity contribution < 1.29 is 19.7 Å². The maximum atomic E-state index is 13.0. The van der Waals surface area contributed by atoms with E-state index in [4.69, 9.17) is 16.3 Å². The van der Waals surface area contributed by atoms with Crippen LogP contribution in [-0.4, -0.2) is 32.9 Å². The second-order valence-electron chi connectivity index (χ2n) is 9.76. The molecule has 5 aromatic rings. The Morgan fingerprint density at radius 2 is 1.64 bits per heavy atom. The van der Waals surface area contributed by atoms with Gasteiger partial charge >= 0.3 is 6.09 Å². The number of carbonyl (C=O) groups excluding carboxylic acids is 1. The number of aromatic nitrogens is 2. The average Bonchev–Trinajstić information content (AvgIpc) is 3.34. The molecule has 7 nitrogen and oxygen atoms in total. The normalized spacial score (nSPS) is 12.0. The fourth-order valence-corrected chi connectivity index (χ4v) is 6.51. The number of benzene rings is 3. The molecule has 6 rings (SSSR count). The molecule has 2 aromatic heterocycles. The maximum absolute atomic E-state index is 13.0. The molecule has 0 saturated carbocycles. The Kier molecular flexibility index (Phi) is 8.10. The molecule has 0 saturated heterocycles. The molecule has 42 heavy (non-hydrogen) atoms. The third-order valence-corrected chi connectivity index (χ3v) is 8.84. The molecule has 0 aliphatic heterocycles. The Hall–Kier alpha value is -4.37. The first kappa shape index (κ1) is 27.8. The summed E-state index contributed by atoms with van der Waals surface area (Å²) in [7, 11) is 0. The summed E-state index contributed by atoms with van der Waals surface area (Å²) in [5.41, 5.74) is 7.53. The number of nitrogens with one attached hydrogen (secondary N) is 1. The summed E-state index contributed by atoms with van der Waals surface area (Å²) >= 11 is 8.11. The van der Waals surface area contributed by atoms with E-state index in [1.807, 2.05) is 30.3 Å². The molecule has 1 amide bonds. The van der Waals surface area contributed by atoms with Crippen LogP contribution >= 0.6 is 23.4 Å². The van der Waals surface area contributed by atoms with Crippen molar-refractivity contribution in [2.45, 2.75) is 29.0 Å². The Morgan fingerprint density at radius 1 is 0.905 bits per heavy atom. The molecule has 2 heterocycles. The molecule has 0 fully saturated rings. The van der Waals surface area contributed by atoms with E-state index in [9.17, 15) is 15.0 Å². The molecule has 3 N–H and O–H groups in total. The van der Waals surface area contributed by atoms with Gasteiger partial charge in [-0.15, -0.1) is 0 Å². The second-order valence-corrected chi connectivity index (χ2v) is 11.2. The van der Waals surface area contributed by atoms with E-state index in [1.165, 1.54) is 17.8 Å². The van der Waals surface area contributed by atoms with Crippen molar-refractivity contribution in [3.8, 4) is 28.1 Å². The van der Waals surface area contributed by atoms with Gasteiger partial charge < -0.3 is 20.3 Å². The zero-order valence-electron chi connectivity index (χ0n) is 22.3. The number of hydrogen-bond acceptors (Lipinski definition) is 7. The lowest BCUT2D eigenvalue weighted by atomic mass is 9.98. The van der Waals surface area contributed by atoms with Crippen LogP contribution in [0, 0.1) is 0 Å². The number of halogens is 1. The number of hydrogen-bond donors (Lipinski definition) is 3. The summed E-state index contributed by atoms with van der Waals surface area (Å²) in [6.07, 6.45) is 2.66. The standard InChI is InChI=1S/C33H26ClN3O4S/c34-29-15-22(20-11-12-30(39)36-16-20)14-23(31(29)42-32-21(18-38)6-5-13-35-32)17-37-33(40)41-19-28-26-9-3-1-7-24(26)25-8-2-4-10-27(25)28/h1-16,28,38H,17-19H2,(H,36,39)(H,37,40). The first-order valence-corrected chi connectivity index (χ1v) is 14.5. The van der Waals surface area contributed by atoms with E-state index in [-0.39, 0.29) is 31.6 Å². The number of fused-ring (bicyclic) bond motifs is 3. The van der Waals surface area contributed by atoms with Crippen LogP contribution in [-0.2, 0) is 17.9 Å². The fraction of sp³-hybridized carbons (Fsp3) is 0.121. The molecular formula is C33H26ClN3O4S. The zero-order valence-corrected chi connectivity index (χ0v) is 23.9. The number of rotatable bonds is 8. The van der Waals surface area contributed by atoms with Crippen LogP contribution in [0.3, 0.4) is 0 Å². The molecule has 0 atom stereocenters. The largest absolute Gasteiger partial charge is 0.493 e. The maximum Gasteiger partial charge on any atom is 0.407 e. The van der Waals surface area contributed by atoms with Crippen LogP contribution < -0.4 is 5.32 Å². The monoisotopic (exact) mass is 595 g/mol. The van der Waals surface area contributed by atoms with Gasteiger partial charge in [0.2, 0.25) is 5.88 Å². The second kappa shape index (κ2) is 12.2. The molecule has 0 bridgehead atoms. The summed E-state index contributed by atoms with van der Waals surface area (Å²) in [6, 6.07) is 26.9. The van der Waals surface area contributed by atoms with Crippen LogP contribution in [0.15, 0.2) is 107 Å². The minimum absolute atomic E-state index is 0.0462. The predicted octanol–water partition coefficient (Wildman–Crippen LogP) is 7.18. The van der Waals surface area contributed by atoms with Gasteiger partial charge in [0.15, 0.2) is 0 Å². The SMILES string of the molecule is O=C(NCc1cc(-c2ccc(O)nc2)cc(Cl)c1Sc1ncccc1CO)OCC1c2ccccc2-c2ccccc21. The van der Waals surface area contributed by atoms with Crippen molar-refractivity contribution in [1.82, 2.24) is 15.3 Å². The van der Waals surface area contributed by atoms with Crippen molar-refractivity contribution in [3.63, 3.8) is 0 Å². The number of ether oxygens (including phenoxy) is 1. The Bertz CT molecular complexity index is 1720. The Labute approximate surface area is 252 Å². The highest BCUT2D eigenvalue weighted by atomic mass is 35.5. The van der Waals surface area contributed by atoms with E-state index in [0.29, 0.717) is 20.5 Å². The summed E-state index contributed by atoms with van der Waals surface area (Å²) in [5, 5.41) is 23.4. The Morgan fingerprint density at radius 3 is 2.33 bits per heavy atom. The highest BCUT2D eigenvalue weighted by Gasteiger charge is 2.29. The predicted molar refractivity (Wildman–Crippen MR) is 163 cm³/mol. The number of nitrogens with zero attached hydrogens (tertiary/aromatic N) is 2. The first-order valence-electron chi connectivity index (χ1n) is 13.3. The van der Waals surface area contributed by atoms with Gasteiger partial charge in [0, 0.05) is 46.9 Å². The van der Waals surface area contributed by atoms with E-state index >= 15 is 0 Å². The highest BCUT2D eigenvalue weighted by Crippen LogP contribution is 2.44.